The van der Waals surface area contributed by atoms with Gasteiger partial charge in [0.1, 0.15) is 5.69 Å². The molecule has 1 fully saturated rings. The van der Waals surface area contributed by atoms with E-state index in [0.717, 1.165) is 39.3 Å². The number of aromatic nitrogens is 1. The Kier molecular flexibility index (Phi) is 5.85. The molecule has 2 heterocycles. The van der Waals surface area contributed by atoms with Gasteiger partial charge in [-0.25, -0.2) is 9.78 Å². The zero-order chi connectivity index (χ0) is 15.9. The predicted octanol–water partition coefficient (Wildman–Crippen LogP) is 0.620. The van der Waals surface area contributed by atoms with Crippen molar-refractivity contribution in [3.05, 3.63) is 29.6 Å². The van der Waals surface area contributed by atoms with Crippen molar-refractivity contribution in [2.45, 2.75) is 19.4 Å². The number of pyridine rings is 1. The van der Waals surface area contributed by atoms with Crippen LogP contribution in [0.2, 0.25) is 0 Å². The Balaban J connectivity index is 1.82. The van der Waals surface area contributed by atoms with Gasteiger partial charge >= 0.3 is 5.97 Å². The van der Waals surface area contributed by atoms with Crippen molar-refractivity contribution in [2.24, 2.45) is 0 Å². The van der Waals surface area contributed by atoms with Crippen LogP contribution in [0.4, 0.5) is 0 Å². The Bertz CT molecular complexity index is 529. The van der Waals surface area contributed by atoms with E-state index in [0.29, 0.717) is 5.56 Å². The third kappa shape index (κ3) is 4.78. The van der Waals surface area contributed by atoms with Crippen LogP contribution in [0.3, 0.4) is 0 Å². The van der Waals surface area contributed by atoms with Crippen LogP contribution < -0.4 is 5.32 Å². The molecule has 1 aliphatic rings. The minimum absolute atomic E-state index is 0.0109. The molecule has 0 aromatic carbocycles. The molecule has 1 amide bonds. The Hall–Kier alpha value is -1.99. The zero-order valence-electron chi connectivity index (χ0n) is 12.6. The number of carboxylic acids is 1. The minimum atomic E-state index is -1.14. The van der Waals surface area contributed by atoms with Crippen molar-refractivity contribution in [2.75, 3.05) is 32.8 Å². The average Bonchev–Trinajstić information content (AvgIpc) is 2.54. The molecule has 120 valence electrons. The number of ether oxygens (including phenoxy) is 1. The van der Waals surface area contributed by atoms with Crippen LogP contribution in [-0.2, 0) is 4.74 Å². The number of carboxylic acid groups (broad SMARTS) is 1. The molecule has 1 aliphatic heterocycles. The van der Waals surface area contributed by atoms with Crippen LogP contribution in [0.15, 0.2) is 18.3 Å². The van der Waals surface area contributed by atoms with Crippen molar-refractivity contribution < 1.29 is 19.4 Å². The molecular formula is C15H21N3O4. The maximum absolute atomic E-state index is 12.1. The van der Waals surface area contributed by atoms with Gasteiger partial charge in [-0.1, -0.05) is 0 Å². The summed E-state index contributed by atoms with van der Waals surface area (Å²) < 4.78 is 5.29. The maximum atomic E-state index is 12.1. The maximum Gasteiger partial charge on any atom is 0.354 e. The van der Waals surface area contributed by atoms with Crippen molar-refractivity contribution >= 4 is 11.9 Å². The monoisotopic (exact) mass is 307 g/mol. The van der Waals surface area contributed by atoms with Gasteiger partial charge in [0.2, 0.25) is 0 Å². The van der Waals surface area contributed by atoms with E-state index in [2.05, 4.69) is 15.2 Å². The molecule has 1 atom stereocenters. The SMILES string of the molecule is CC(CCN1CCOCC1)NC(=O)c1ccnc(C(=O)O)c1. The van der Waals surface area contributed by atoms with E-state index in [9.17, 15) is 9.59 Å². The van der Waals surface area contributed by atoms with Gasteiger partial charge in [0.25, 0.3) is 5.91 Å². The van der Waals surface area contributed by atoms with Gasteiger partial charge in [-0.05, 0) is 25.5 Å². The van der Waals surface area contributed by atoms with Crippen LogP contribution in [0.1, 0.15) is 34.2 Å². The third-order valence-electron chi connectivity index (χ3n) is 3.60. The number of nitrogens with one attached hydrogen (secondary N) is 1. The van der Waals surface area contributed by atoms with Crippen molar-refractivity contribution in [3.8, 4) is 0 Å². The topological polar surface area (TPSA) is 91.8 Å². The summed E-state index contributed by atoms with van der Waals surface area (Å²) in [6, 6.07) is 2.81. The Labute approximate surface area is 129 Å². The largest absolute Gasteiger partial charge is 0.477 e. The fourth-order valence-electron chi connectivity index (χ4n) is 2.27. The van der Waals surface area contributed by atoms with Gasteiger partial charge in [0.15, 0.2) is 0 Å². The van der Waals surface area contributed by atoms with Gasteiger partial charge in [0.05, 0.1) is 13.2 Å². The molecule has 2 N–H and O–H groups in total. The fraction of sp³-hybridized carbons (Fsp3) is 0.533. The summed E-state index contributed by atoms with van der Waals surface area (Å²) in [5, 5.41) is 11.8. The lowest BCUT2D eigenvalue weighted by Crippen LogP contribution is -2.40. The standard InChI is InChI=1S/C15H21N3O4/c1-11(3-5-18-6-8-22-9-7-18)17-14(19)12-2-4-16-13(10-12)15(20)21/h2,4,10-11H,3,5-9H2,1H3,(H,17,19)(H,20,21). The van der Waals surface area contributed by atoms with Crippen LogP contribution in [0.25, 0.3) is 0 Å². The lowest BCUT2D eigenvalue weighted by Gasteiger charge is -2.27. The highest BCUT2D eigenvalue weighted by Crippen LogP contribution is 2.05. The first kappa shape index (κ1) is 16.4. The number of morpholine rings is 1. The van der Waals surface area contributed by atoms with Crippen LogP contribution in [-0.4, -0.2) is 65.8 Å². The second kappa shape index (κ2) is 7.86. The van der Waals surface area contributed by atoms with Crippen molar-refractivity contribution in [1.29, 1.82) is 0 Å². The lowest BCUT2D eigenvalue weighted by molar-refractivity contribution is 0.0363. The summed E-state index contributed by atoms with van der Waals surface area (Å²) in [6.07, 6.45) is 2.17. The zero-order valence-corrected chi connectivity index (χ0v) is 12.6. The molecule has 2 rings (SSSR count). The smallest absolute Gasteiger partial charge is 0.354 e. The number of nitrogens with zero attached hydrogens (tertiary/aromatic N) is 2. The predicted molar refractivity (Wildman–Crippen MR) is 80.0 cm³/mol. The quantitative estimate of drug-likeness (QED) is 0.800. The first-order chi connectivity index (χ1) is 10.6. The van der Waals surface area contributed by atoms with Crippen molar-refractivity contribution in [3.63, 3.8) is 0 Å². The van der Waals surface area contributed by atoms with Crippen LogP contribution in [0, 0.1) is 0 Å². The summed E-state index contributed by atoms with van der Waals surface area (Å²) in [6.45, 7) is 6.21. The molecule has 1 unspecified atom stereocenters. The normalized spacial score (nSPS) is 17.0. The van der Waals surface area contributed by atoms with Crippen LogP contribution in [0.5, 0.6) is 0 Å². The molecule has 7 heteroatoms. The number of hydrogen-bond donors (Lipinski definition) is 2. The van der Waals surface area contributed by atoms with E-state index >= 15 is 0 Å². The lowest BCUT2D eigenvalue weighted by atomic mass is 10.1. The van der Waals surface area contributed by atoms with Gasteiger partial charge in [-0.3, -0.25) is 9.69 Å². The van der Waals surface area contributed by atoms with Crippen molar-refractivity contribution in [1.82, 2.24) is 15.2 Å². The number of rotatable bonds is 6. The van der Waals surface area contributed by atoms with Gasteiger partial charge in [-0.2, -0.15) is 0 Å². The molecular weight excluding hydrogens is 286 g/mol. The highest BCUT2D eigenvalue weighted by atomic mass is 16.5. The van der Waals surface area contributed by atoms with Gasteiger partial charge in [0, 0.05) is 37.4 Å². The van der Waals surface area contributed by atoms with Gasteiger partial charge < -0.3 is 15.2 Å². The second-order valence-electron chi connectivity index (χ2n) is 5.35. The molecule has 1 aromatic rings. The summed E-state index contributed by atoms with van der Waals surface area (Å²) in [7, 11) is 0. The summed E-state index contributed by atoms with van der Waals surface area (Å²) in [5.41, 5.74) is 0.180. The Morgan fingerprint density at radius 1 is 1.45 bits per heavy atom. The number of amides is 1. The van der Waals surface area contributed by atoms with Crippen LogP contribution >= 0.6 is 0 Å². The molecule has 1 saturated heterocycles. The number of carbonyl (C=O) groups excluding carboxylic acids is 1. The van der Waals surface area contributed by atoms with Gasteiger partial charge in [-0.15, -0.1) is 0 Å². The van der Waals surface area contributed by atoms with E-state index in [1.165, 1.54) is 18.3 Å². The molecule has 0 bridgehead atoms. The van der Waals surface area contributed by atoms with E-state index in [-0.39, 0.29) is 17.6 Å². The first-order valence-electron chi connectivity index (χ1n) is 7.36. The van der Waals surface area contributed by atoms with E-state index in [1.807, 2.05) is 6.92 Å². The summed E-state index contributed by atoms with van der Waals surface area (Å²) in [5.74, 6) is -1.42. The molecule has 7 nitrogen and oxygen atoms in total. The number of carbonyl (C=O) groups is 2. The highest BCUT2D eigenvalue weighted by molar-refractivity contribution is 5.96. The molecule has 1 aromatic heterocycles. The average molecular weight is 307 g/mol. The van der Waals surface area contributed by atoms with E-state index in [4.69, 9.17) is 9.84 Å². The summed E-state index contributed by atoms with van der Waals surface area (Å²) >= 11 is 0. The fourth-order valence-corrected chi connectivity index (χ4v) is 2.27. The number of hydrogen-bond acceptors (Lipinski definition) is 5. The van der Waals surface area contributed by atoms with E-state index in [1.54, 1.807) is 0 Å². The Morgan fingerprint density at radius 3 is 2.86 bits per heavy atom. The molecule has 0 radical (unpaired) electrons. The summed E-state index contributed by atoms with van der Waals surface area (Å²) in [4.78, 5) is 29.0. The first-order valence-corrected chi connectivity index (χ1v) is 7.36. The minimum Gasteiger partial charge on any atom is -0.477 e. The molecule has 22 heavy (non-hydrogen) atoms. The Morgan fingerprint density at radius 2 is 2.18 bits per heavy atom. The number of aromatic carboxylic acids is 1. The third-order valence-corrected chi connectivity index (χ3v) is 3.60. The second-order valence-corrected chi connectivity index (χ2v) is 5.35. The molecule has 0 aliphatic carbocycles. The van der Waals surface area contributed by atoms with E-state index < -0.39 is 5.97 Å². The molecule has 0 saturated carbocycles. The molecule has 0 spiro atoms. The highest BCUT2D eigenvalue weighted by Gasteiger charge is 2.15.